The van der Waals surface area contributed by atoms with Gasteiger partial charge in [-0.1, -0.05) is 67.3 Å². The number of rotatable bonds is 8. The maximum absolute atomic E-state index is 14.2. The van der Waals surface area contributed by atoms with Gasteiger partial charge < -0.3 is 21.3 Å². The van der Waals surface area contributed by atoms with E-state index >= 15 is 0 Å². The van der Waals surface area contributed by atoms with Crippen LogP contribution in [0.4, 0.5) is 5.95 Å². The standard InChI is InChI=1S/C33H42ClN7O2/c34-27-12-10-23(11-13-27)18-29(38-30(42)28-19-24-6-4-5-7-25(24)20-36-28)31(43)40-16-14-33(15-17-40,26-8-2-1-3-9-26)21-41-22-37-32(35)39-41/h4-7,10-13,22,26,28-29,36H,1-3,8-9,14-21H2,(H2,35,39)(H,38,42). The van der Waals surface area contributed by atoms with Gasteiger partial charge in [-0.3, -0.25) is 14.3 Å². The molecular weight excluding hydrogens is 562 g/mol. The van der Waals surface area contributed by atoms with Gasteiger partial charge in [-0.25, -0.2) is 4.98 Å². The van der Waals surface area contributed by atoms with Gasteiger partial charge in [-0.2, -0.15) is 0 Å². The Morgan fingerprint density at radius 3 is 2.47 bits per heavy atom. The third-order valence-corrected chi connectivity index (χ3v) is 10.2. The molecule has 2 amide bonds. The van der Waals surface area contributed by atoms with Crippen LogP contribution in [0.1, 0.15) is 61.6 Å². The molecular formula is C33H42ClN7O2. The number of hydrogen-bond acceptors (Lipinski definition) is 6. The van der Waals surface area contributed by atoms with Gasteiger partial charge in [-0.05, 0) is 72.3 Å². The van der Waals surface area contributed by atoms with Crippen LogP contribution in [0, 0.1) is 11.3 Å². The smallest absolute Gasteiger partial charge is 0.245 e. The van der Waals surface area contributed by atoms with Crippen LogP contribution >= 0.6 is 11.6 Å². The molecule has 3 heterocycles. The number of nitrogen functional groups attached to an aromatic ring is 1. The number of nitrogens with two attached hydrogens (primary N) is 1. The Morgan fingerprint density at radius 1 is 1.05 bits per heavy atom. The highest BCUT2D eigenvalue weighted by atomic mass is 35.5. The first-order chi connectivity index (χ1) is 20.9. The first-order valence-electron chi connectivity index (χ1n) is 15.7. The van der Waals surface area contributed by atoms with E-state index in [1.807, 2.05) is 46.0 Å². The number of piperidine rings is 1. The minimum atomic E-state index is -0.662. The second-order valence-electron chi connectivity index (χ2n) is 12.6. The van der Waals surface area contributed by atoms with E-state index in [-0.39, 0.29) is 23.3 Å². The molecule has 1 saturated carbocycles. The van der Waals surface area contributed by atoms with Crippen molar-refractivity contribution in [2.75, 3.05) is 18.8 Å². The minimum Gasteiger partial charge on any atom is -0.367 e. The third kappa shape index (κ3) is 6.88. The van der Waals surface area contributed by atoms with Crippen molar-refractivity contribution < 1.29 is 9.59 Å². The number of hydrogen-bond donors (Lipinski definition) is 3. The summed E-state index contributed by atoms with van der Waals surface area (Å²) < 4.78 is 1.89. The first-order valence-corrected chi connectivity index (χ1v) is 16.0. The van der Waals surface area contributed by atoms with Gasteiger partial charge in [-0.15, -0.1) is 5.10 Å². The molecule has 1 aromatic heterocycles. The number of anilines is 1. The highest BCUT2D eigenvalue weighted by molar-refractivity contribution is 6.30. The lowest BCUT2D eigenvalue weighted by atomic mass is 9.63. The number of fused-ring (bicyclic) bond motifs is 1. The molecule has 6 rings (SSSR count). The lowest BCUT2D eigenvalue weighted by Gasteiger charge is -2.48. The molecule has 3 aromatic rings. The van der Waals surface area contributed by atoms with Crippen LogP contribution in [-0.4, -0.2) is 56.7 Å². The number of benzene rings is 2. The third-order valence-electron chi connectivity index (χ3n) is 9.94. The van der Waals surface area contributed by atoms with Crippen molar-refractivity contribution in [1.82, 2.24) is 30.3 Å². The molecule has 4 N–H and O–H groups in total. The normalized spacial score (nSPS) is 21.1. The van der Waals surface area contributed by atoms with Gasteiger partial charge in [0.25, 0.3) is 0 Å². The van der Waals surface area contributed by atoms with E-state index in [1.165, 1.54) is 43.2 Å². The topological polar surface area (TPSA) is 118 Å². The van der Waals surface area contributed by atoms with Crippen LogP contribution in [0.3, 0.4) is 0 Å². The van der Waals surface area contributed by atoms with E-state index in [1.54, 1.807) is 6.33 Å². The predicted molar refractivity (Wildman–Crippen MR) is 167 cm³/mol. The van der Waals surface area contributed by atoms with Gasteiger partial charge in [0.05, 0.1) is 6.04 Å². The first kappa shape index (κ1) is 29.6. The molecule has 2 aromatic carbocycles. The predicted octanol–water partition coefficient (Wildman–Crippen LogP) is 4.14. The van der Waals surface area contributed by atoms with Gasteiger partial charge in [0.2, 0.25) is 17.8 Å². The number of aromatic nitrogens is 3. The Balaban J connectivity index is 1.17. The van der Waals surface area contributed by atoms with Crippen molar-refractivity contribution in [2.24, 2.45) is 11.3 Å². The molecule has 2 unspecified atom stereocenters. The summed E-state index contributed by atoms with van der Waals surface area (Å²) >= 11 is 6.14. The molecule has 3 aliphatic rings. The van der Waals surface area contributed by atoms with Crippen LogP contribution in [0.2, 0.25) is 5.02 Å². The Hall–Kier alpha value is -3.43. The molecule has 228 valence electrons. The Kier molecular flexibility index (Phi) is 9.00. The molecule has 1 aliphatic carbocycles. The van der Waals surface area contributed by atoms with E-state index in [4.69, 9.17) is 17.3 Å². The molecule has 10 heteroatoms. The fourth-order valence-corrected chi connectivity index (χ4v) is 7.61. The maximum atomic E-state index is 14.2. The van der Waals surface area contributed by atoms with Crippen LogP contribution < -0.4 is 16.4 Å². The quantitative estimate of drug-likeness (QED) is 0.356. The molecule has 0 radical (unpaired) electrons. The summed E-state index contributed by atoms with van der Waals surface area (Å²) in [6.45, 7) is 2.71. The number of amides is 2. The fourth-order valence-electron chi connectivity index (χ4n) is 7.48. The van der Waals surface area contributed by atoms with Crippen LogP contribution in [-0.2, 0) is 35.5 Å². The van der Waals surface area contributed by atoms with Gasteiger partial charge in [0, 0.05) is 37.6 Å². The molecule has 9 nitrogen and oxygen atoms in total. The summed E-state index contributed by atoms with van der Waals surface area (Å²) in [4.78, 5) is 33.8. The summed E-state index contributed by atoms with van der Waals surface area (Å²) in [5, 5.41) is 11.6. The minimum absolute atomic E-state index is 0.0262. The molecule has 2 aliphatic heterocycles. The Morgan fingerprint density at radius 2 is 1.77 bits per heavy atom. The second kappa shape index (κ2) is 13.1. The van der Waals surface area contributed by atoms with E-state index in [0.717, 1.165) is 24.9 Å². The number of nitrogens with one attached hydrogen (secondary N) is 2. The number of likely N-dealkylation sites (tertiary alicyclic amines) is 1. The zero-order chi connectivity index (χ0) is 29.8. The van der Waals surface area contributed by atoms with Gasteiger partial charge in [0.15, 0.2) is 0 Å². The van der Waals surface area contributed by atoms with Crippen molar-refractivity contribution >= 4 is 29.4 Å². The average molecular weight is 604 g/mol. The SMILES string of the molecule is Nc1ncn(CC2(C3CCCCC3)CCN(C(=O)C(Cc3ccc(Cl)cc3)NC(=O)C3Cc4ccccc4CN3)CC2)n1. The van der Waals surface area contributed by atoms with E-state index in [0.29, 0.717) is 49.4 Å². The van der Waals surface area contributed by atoms with Crippen LogP contribution in [0.5, 0.6) is 0 Å². The summed E-state index contributed by atoms with van der Waals surface area (Å²) in [5.41, 5.74) is 9.24. The van der Waals surface area contributed by atoms with E-state index in [2.05, 4.69) is 32.8 Å². The summed E-state index contributed by atoms with van der Waals surface area (Å²) in [5.74, 6) is 0.720. The lowest BCUT2D eigenvalue weighted by Crippen LogP contribution is -2.57. The summed E-state index contributed by atoms with van der Waals surface area (Å²) in [6, 6.07) is 14.7. The molecule has 43 heavy (non-hydrogen) atoms. The van der Waals surface area contributed by atoms with Crippen molar-refractivity contribution in [2.45, 2.75) is 83.0 Å². The number of carbonyl (C=O) groups is 2. The average Bonchev–Trinajstić information content (AvgIpc) is 3.45. The summed E-state index contributed by atoms with van der Waals surface area (Å²) in [6.07, 6.45) is 10.8. The zero-order valence-electron chi connectivity index (χ0n) is 24.7. The highest BCUT2D eigenvalue weighted by Crippen LogP contribution is 2.47. The van der Waals surface area contributed by atoms with Gasteiger partial charge in [0.1, 0.15) is 12.4 Å². The number of carbonyl (C=O) groups excluding carboxylic acids is 2. The summed E-state index contributed by atoms with van der Waals surface area (Å²) in [7, 11) is 0. The van der Waals surface area contributed by atoms with E-state index in [9.17, 15) is 9.59 Å². The molecule has 1 saturated heterocycles. The maximum Gasteiger partial charge on any atom is 0.245 e. The van der Waals surface area contributed by atoms with Crippen LogP contribution in [0.25, 0.3) is 0 Å². The molecule has 0 spiro atoms. The largest absolute Gasteiger partial charge is 0.367 e. The molecule has 0 bridgehead atoms. The van der Waals surface area contributed by atoms with Crippen molar-refractivity contribution in [3.63, 3.8) is 0 Å². The fraction of sp³-hybridized carbons (Fsp3) is 0.515. The number of halogens is 1. The number of nitrogens with zero attached hydrogens (tertiary/aromatic N) is 4. The second-order valence-corrected chi connectivity index (χ2v) is 13.1. The van der Waals surface area contributed by atoms with Crippen molar-refractivity contribution in [3.8, 4) is 0 Å². The Labute approximate surface area is 258 Å². The zero-order valence-corrected chi connectivity index (χ0v) is 25.4. The van der Waals surface area contributed by atoms with Crippen molar-refractivity contribution in [1.29, 1.82) is 0 Å². The molecule has 2 atom stereocenters. The van der Waals surface area contributed by atoms with Gasteiger partial charge >= 0.3 is 0 Å². The molecule has 2 fully saturated rings. The van der Waals surface area contributed by atoms with E-state index < -0.39 is 6.04 Å². The lowest BCUT2D eigenvalue weighted by molar-refractivity contribution is -0.140. The highest BCUT2D eigenvalue weighted by Gasteiger charge is 2.44. The van der Waals surface area contributed by atoms with Crippen LogP contribution in [0.15, 0.2) is 54.9 Å². The Bertz CT molecular complexity index is 1410. The van der Waals surface area contributed by atoms with Crippen molar-refractivity contribution in [3.05, 3.63) is 76.6 Å². The monoisotopic (exact) mass is 603 g/mol.